The zero-order chi connectivity index (χ0) is 25.1. The average molecular weight is 517 g/mol. The Morgan fingerprint density at radius 3 is 2.67 bits per heavy atom. The highest BCUT2D eigenvalue weighted by molar-refractivity contribution is 8.04. The number of imidazole rings is 1. The molecule has 36 heavy (non-hydrogen) atoms. The molecule has 0 atom stereocenters. The number of likely N-dealkylation sites (tertiary alicyclic amines) is 1. The van der Waals surface area contributed by atoms with Crippen LogP contribution in [0.4, 0.5) is 13.2 Å². The van der Waals surface area contributed by atoms with Crippen molar-refractivity contribution in [2.45, 2.75) is 37.1 Å². The molecule has 2 aliphatic rings. The smallest absolute Gasteiger partial charge is 0.406 e. The maximum absolute atomic E-state index is 12.8. The second-order valence-electron chi connectivity index (χ2n) is 9.14. The maximum atomic E-state index is 12.8. The van der Waals surface area contributed by atoms with Gasteiger partial charge in [-0.3, -0.25) is 9.20 Å². The number of pyridine rings is 1. The molecule has 0 spiro atoms. The molecule has 1 saturated heterocycles. The highest BCUT2D eigenvalue weighted by Gasteiger charge is 2.31. The lowest BCUT2D eigenvalue weighted by molar-refractivity contribution is -0.274. The Morgan fingerprint density at radius 1 is 1.14 bits per heavy atom. The Kier molecular flexibility index (Phi) is 7.25. The number of nitrogens with one attached hydrogen (secondary N) is 1. The molecular weight excluding hydrogens is 489 g/mol. The Hall–Kier alpha value is -2.98. The normalized spacial score (nSPS) is 16.7. The van der Waals surface area contributed by atoms with Gasteiger partial charge in [-0.05, 0) is 87.1 Å². The van der Waals surface area contributed by atoms with E-state index in [4.69, 9.17) is 0 Å². The predicted octanol–water partition coefficient (Wildman–Crippen LogP) is 5.14. The van der Waals surface area contributed by atoms with E-state index in [1.165, 1.54) is 23.9 Å². The van der Waals surface area contributed by atoms with E-state index < -0.39 is 6.36 Å². The lowest BCUT2D eigenvalue weighted by Crippen LogP contribution is -2.39. The number of hydrogen-bond acceptors (Lipinski definition) is 5. The van der Waals surface area contributed by atoms with Gasteiger partial charge in [-0.25, -0.2) is 4.98 Å². The first-order valence-electron chi connectivity index (χ1n) is 12.1. The summed E-state index contributed by atoms with van der Waals surface area (Å²) in [5.41, 5.74) is 2.80. The number of halogens is 3. The van der Waals surface area contributed by atoms with Gasteiger partial charge in [-0.15, -0.1) is 13.2 Å². The van der Waals surface area contributed by atoms with Gasteiger partial charge in [-0.1, -0.05) is 30.0 Å². The number of aromatic nitrogens is 2. The molecule has 1 fully saturated rings. The standard InChI is InChI=1S/C26H27F3N4O2S/c27-26(28,29)35-21-8-6-18(7-9-21)3-2-12-32-13-10-19(11-14-32)16-31-25(34)22-15-20-17-30-23-4-1-5-24(36-22)33(20)23/h1,4-9,15,17,19H,2-3,10-14,16H2,(H,31,34). The predicted molar refractivity (Wildman–Crippen MR) is 133 cm³/mol. The molecule has 2 aliphatic heterocycles. The fourth-order valence-electron chi connectivity index (χ4n) is 4.70. The summed E-state index contributed by atoms with van der Waals surface area (Å²) in [5, 5.41) is 4.11. The van der Waals surface area contributed by atoms with Crippen molar-refractivity contribution >= 4 is 29.4 Å². The number of alkyl halides is 3. The molecule has 190 valence electrons. The zero-order valence-corrected chi connectivity index (χ0v) is 20.4. The Balaban J connectivity index is 1.01. The minimum Gasteiger partial charge on any atom is -0.406 e. The molecule has 0 aliphatic carbocycles. The van der Waals surface area contributed by atoms with E-state index in [1.54, 1.807) is 18.3 Å². The van der Waals surface area contributed by atoms with Crippen LogP contribution in [0.25, 0.3) is 11.7 Å². The van der Waals surface area contributed by atoms with Crippen molar-refractivity contribution in [2.24, 2.45) is 5.92 Å². The highest BCUT2D eigenvalue weighted by atomic mass is 32.2. The van der Waals surface area contributed by atoms with Crippen molar-refractivity contribution in [1.29, 1.82) is 0 Å². The summed E-state index contributed by atoms with van der Waals surface area (Å²) in [6.45, 7) is 3.58. The van der Waals surface area contributed by atoms with Crippen LogP contribution in [-0.2, 0) is 11.2 Å². The van der Waals surface area contributed by atoms with Gasteiger partial charge in [0.05, 0.1) is 21.8 Å². The number of ether oxygens (including phenoxy) is 1. The minimum atomic E-state index is -4.66. The molecule has 0 unspecified atom stereocenters. The van der Waals surface area contributed by atoms with E-state index in [-0.39, 0.29) is 11.7 Å². The van der Waals surface area contributed by atoms with Crippen LogP contribution in [0.15, 0.2) is 58.6 Å². The third-order valence-electron chi connectivity index (χ3n) is 6.59. The fraction of sp³-hybridized carbons (Fsp3) is 0.385. The number of thioether (sulfide) groups is 1. The molecule has 10 heteroatoms. The third-order valence-corrected chi connectivity index (χ3v) is 7.64. The number of piperidine rings is 1. The maximum Gasteiger partial charge on any atom is 0.573 e. The molecule has 0 bridgehead atoms. The highest BCUT2D eigenvalue weighted by Crippen LogP contribution is 2.34. The van der Waals surface area contributed by atoms with Gasteiger partial charge in [0.15, 0.2) is 0 Å². The Morgan fingerprint density at radius 2 is 1.92 bits per heavy atom. The third kappa shape index (κ3) is 6.04. The number of nitrogens with zero attached hydrogens (tertiary/aromatic N) is 3. The van der Waals surface area contributed by atoms with Crippen molar-refractivity contribution in [1.82, 2.24) is 19.6 Å². The summed E-state index contributed by atoms with van der Waals surface area (Å²) in [7, 11) is 0. The van der Waals surface area contributed by atoms with Gasteiger partial charge < -0.3 is 15.0 Å². The number of carbonyl (C=O) groups excluding carboxylic acids is 1. The van der Waals surface area contributed by atoms with Gasteiger partial charge in [0, 0.05) is 6.54 Å². The second-order valence-corrected chi connectivity index (χ2v) is 10.2. The lowest BCUT2D eigenvalue weighted by atomic mass is 9.96. The van der Waals surface area contributed by atoms with Crippen molar-refractivity contribution in [3.63, 3.8) is 0 Å². The van der Waals surface area contributed by atoms with Crippen LogP contribution in [0.2, 0.25) is 0 Å². The van der Waals surface area contributed by atoms with Crippen molar-refractivity contribution in [3.05, 3.63) is 64.8 Å². The monoisotopic (exact) mass is 516 g/mol. The first kappa shape index (κ1) is 24.7. The van der Waals surface area contributed by atoms with Gasteiger partial charge in [-0.2, -0.15) is 0 Å². The number of amides is 1. The fourth-order valence-corrected chi connectivity index (χ4v) is 5.71. The van der Waals surface area contributed by atoms with E-state index in [0.29, 0.717) is 17.4 Å². The largest absolute Gasteiger partial charge is 0.573 e. The molecule has 1 aromatic carbocycles. The van der Waals surface area contributed by atoms with E-state index in [9.17, 15) is 18.0 Å². The summed E-state index contributed by atoms with van der Waals surface area (Å²) in [6, 6.07) is 12.0. The Bertz CT molecular complexity index is 1250. The van der Waals surface area contributed by atoms with Crippen molar-refractivity contribution < 1.29 is 22.7 Å². The molecule has 6 nitrogen and oxygen atoms in total. The molecule has 1 amide bonds. The van der Waals surface area contributed by atoms with Crippen LogP contribution in [0.5, 0.6) is 5.75 Å². The van der Waals surface area contributed by atoms with E-state index in [1.807, 2.05) is 24.3 Å². The average Bonchev–Trinajstić information content (AvgIpc) is 3.28. The van der Waals surface area contributed by atoms with E-state index >= 15 is 0 Å². The van der Waals surface area contributed by atoms with Gasteiger partial charge in [0.2, 0.25) is 0 Å². The summed E-state index contributed by atoms with van der Waals surface area (Å²) in [4.78, 5) is 20.3. The van der Waals surface area contributed by atoms with Crippen LogP contribution in [0, 0.1) is 5.92 Å². The molecule has 0 radical (unpaired) electrons. The quantitative estimate of drug-likeness (QED) is 0.449. The van der Waals surface area contributed by atoms with Crippen LogP contribution in [0.1, 0.15) is 30.5 Å². The first-order chi connectivity index (χ1) is 17.3. The van der Waals surface area contributed by atoms with E-state index in [0.717, 1.165) is 67.2 Å². The second kappa shape index (κ2) is 10.6. The number of benzene rings is 1. The Labute approximate surface area is 211 Å². The van der Waals surface area contributed by atoms with Crippen molar-refractivity contribution in [2.75, 3.05) is 26.2 Å². The zero-order valence-electron chi connectivity index (χ0n) is 19.6. The van der Waals surface area contributed by atoms with E-state index in [2.05, 4.69) is 24.3 Å². The van der Waals surface area contributed by atoms with Gasteiger partial charge in [0.25, 0.3) is 5.91 Å². The molecule has 3 aromatic rings. The number of aryl methyl sites for hydroxylation is 1. The molecule has 0 saturated carbocycles. The SMILES string of the molecule is O=C(NCC1CCN(CCCc2ccc(OC(F)(F)F)cc2)CC1)C1=Cc2cnc3cccc(n23)S1. The van der Waals surface area contributed by atoms with Gasteiger partial charge >= 0.3 is 6.36 Å². The van der Waals surface area contributed by atoms with Crippen LogP contribution >= 0.6 is 11.8 Å². The summed E-state index contributed by atoms with van der Waals surface area (Å²) < 4.78 is 42.8. The summed E-state index contributed by atoms with van der Waals surface area (Å²) in [6.07, 6.45) is 2.83. The minimum absolute atomic E-state index is 0.0430. The van der Waals surface area contributed by atoms with Crippen molar-refractivity contribution in [3.8, 4) is 5.75 Å². The first-order valence-corrected chi connectivity index (χ1v) is 12.9. The molecule has 1 N–H and O–H groups in total. The number of hydrogen-bond donors (Lipinski definition) is 1. The van der Waals surface area contributed by atoms with Crippen LogP contribution in [0.3, 0.4) is 0 Å². The lowest BCUT2D eigenvalue weighted by Gasteiger charge is -2.32. The van der Waals surface area contributed by atoms with Crippen LogP contribution < -0.4 is 10.1 Å². The number of rotatable bonds is 8. The number of carbonyl (C=O) groups is 1. The molecule has 2 aromatic heterocycles. The summed E-state index contributed by atoms with van der Waals surface area (Å²) in [5.74, 6) is 0.218. The summed E-state index contributed by atoms with van der Waals surface area (Å²) >= 11 is 1.47. The molecule has 5 rings (SSSR count). The van der Waals surface area contributed by atoms with Crippen LogP contribution in [-0.4, -0.2) is 52.7 Å². The molecular formula is C26H27F3N4O2S. The molecule has 4 heterocycles. The van der Waals surface area contributed by atoms with Gasteiger partial charge in [0.1, 0.15) is 11.4 Å². The topological polar surface area (TPSA) is 58.9 Å².